The molecule has 1 aliphatic rings. The highest BCUT2D eigenvalue weighted by atomic mass is 15.3. The molecule has 18 heavy (non-hydrogen) atoms. The van der Waals surface area contributed by atoms with Crippen molar-refractivity contribution in [2.24, 2.45) is 0 Å². The molecule has 0 aromatic heterocycles. The number of nitrogens with one attached hydrogen (secondary N) is 1. The van der Waals surface area contributed by atoms with Gasteiger partial charge in [-0.15, -0.1) is 0 Å². The van der Waals surface area contributed by atoms with Crippen molar-refractivity contribution < 1.29 is 0 Å². The molecule has 1 rings (SSSR count). The van der Waals surface area contributed by atoms with Gasteiger partial charge in [0.2, 0.25) is 0 Å². The van der Waals surface area contributed by atoms with E-state index in [9.17, 15) is 0 Å². The van der Waals surface area contributed by atoms with Crippen molar-refractivity contribution in [3.63, 3.8) is 0 Å². The topological polar surface area (TPSA) is 18.5 Å². The van der Waals surface area contributed by atoms with Gasteiger partial charge in [0.15, 0.2) is 0 Å². The molecule has 0 aliphatic carbocycles. The molecule has 1 saturated heterocycles. The third kappa shape index (κ3) is 4.87. The van der Waals surface area contributed by atoms with Gasteiger partial charge in [-0.3, -0.25) is 4.90 Å². The quantitative estimate of drug-likeness (QED) is 0.812. The van der Waals surface area contributed by atoms with E-state index in [1.807, 2.05) is 0 Å². The predicted octanol–water partition coefficient (Wildman–Crippen LogP) is 2.18. The Hall–Kier alpha value is -0.120. The molecule has 0 saturated carbocycles. The smallest absolute Gasteiger partial charge is 0.0198 e. The van der Waals surface area contributed by atoms with E-state index >= 15 is 0 Å². The van der Waals surface area contributed by atoms with Crippen molar-refractivity contribution in [1.29, 1.82) is 0 Å². The monoisotopic (exact) mass is 255 g/mol. The van der Waals surface area contributed by atoms with Crippen LogP contribution >= 0.6 is 0 Å². The first-order valence-electron chi connectivity index (χ1n) is 7.55. The highest BCUT2D eigenvalue weighted by Crippen LogP contribution is 2.13. The Bertz CT molecular complexity index is 240. The molecule has 0 radical (unpaired) electrons. The second kappa shape index (κ2) is 6.88. The number of hydrogen-bond acceptors (Lipinski definition) is 3. The van der Waals surface area contributed by atoms with Gasteiger partial charge < -0.3 is 10.2 Å². The van der Waals surface area contributed by atoms with Crippen molar-refractivity contribution >= 4 is 0 Å². The fourth-order valence-corrected chi connectivity index (χ4v) is 2.71. The summed E-state index contributed by atoms with van der Waals surface area (Å²) in [4.78, 5) is 5.13. The number of nitrogens with zero attached hydrogens (tertiary/aromatic N) is 2. The summed E-state index contributed by atoms with van der Waals surface area (Å²) < 4.78 is 0. The lowest BCUT2D eigenvalue weighted by atomic mass is 10.0. The van der Waals surface area contributed by atoms with Gasteiger partial charge in [0, 0.05) is 37.3 Å². The maximum atomic E-state index is 3.70. The molecule has 3 nitrogen and oxygen atoms in total. The van der Waals surface area contributed by atoms with Crippen molar-refractivity contribution in [3.8, 4) is 0 Å². The molecule has 0 aromatic carbocycles. The molecule has 1 fully saturated rings. The van der Waals surface area contributed by atoms with Crippen molar-refractivity contribution in [1.82, 2.24) is 15.1 Å². The first kappa shape index (κ1) is 15.9. The molecule has 0 spiro atoms. The molecule has 1 N–H and O–H groups in total. The van der Waals surface area contributed by atoms with Crippen molar-refractivity contribution in [3.05, 3.63) is 0 Å². The Kier molecular flexibility index (Phi) is 6.09. The maximum Gasteiger partial charge on any atom is 0.0198 e. The Morgan fingerprint density at radius 2 is 2.00 bits per heavy atom. The Morgan fingerprint density at radius 1 is 1.33 bits per heavy atom. The van der Waals surface area contributed by atoms with Crippen molar-refractivity contribution in [2.75, 3.05) is 33.2 Å². The average molecular weight is 255 g/mol. The molecular weight excluding hydrogens is 222 g/mol. The summed E-state index contributed by atoms with van der Waals surface area (Å²) in [6.07, 6.45) is 2.47. The van der Waals surface area contributed by atoms with Crippen LogP contribution in [0.1, 0.15) is 47.5 Å². The molecule has 108 valence electrons. The Morgan fingerprint density at radius 3 is 2.61 bits per heavy atom. The molecule has 1 aliphatic heterocycles. The summed E-state index contributed by atoms with van der Waals surface area (Å²) in [7, 11) is 2.24. The second-order valence-corrected chi connectivity index (χ2v) is 6.67. The minimum atomic E-state index is 0.264. The van der Waals surface area contributed by atoms with Gasteiger partial charge >= 0.3 is 0 Å². The lowest BCUT2D eigenvalue weighted by molar-refractivity contribution is 0.142. The van der Waals surface area contributed by atoms with Crippen LogP contribution in [-0.2, 0) is 0 Å². The summed E-state index contributed by atoms with van der Waals surface area (Å²) in [5.74, 6) is 0. The number of likely N-dealkylation sites (N-methyl/N-ethyl adjacent to an activating group) is 1. The van der Waals surface area contributed by atoms with Gasteiger partial charge in [-0.05, 0) is 54.1 Å². The van der Waals surface area contributed by atoms with Crippen molar-refractivity contribution in [2.45, 2.75) is 65.1 Å². The number of rotatable bonds is 5. The summed E-state index contributed by atoms with van der Waals surface area (Å²) in [6, 6.07) is 1.29. The third-order valence-corrected chi connectivity index (χ3v) is 4.42. The molecular formula is C15H33N3. The first-order chi connectivity index (χ1) is 8.35. The standard InChI is InChI=1S/C15H33N3/c1-7-15(4,5)16-11-13(2)18-10-8-9-17(6)12-14(18)3/h13-14,16H,7-12H2,1-6H3. The third-order valence-electron chi connectivity index (χ3n) is 4.42. The van der Waals surface area contributed by atoms with Crippen LogP contribution in [-0.4, -0.2) is 60.6 Å². The second-order valence-electron chi connectivity index (χ2n) is 6.67. The van der Waals surface area contributed by atoms with E-state index in [0.717, 1.165) is 6.54 Å². The van der Waals surface area contributed by atoms with Gasteiger partial charge in [-0.25, -0.2) is 0 Å². The number of hydrogen-bond donors (Lipinski definition) is 1. The molecule has 2 unspecified atom stereocenters. The van der Waals surface area contributed by atoms with E-state index in [-0.39, 0.29) is 5.54 Å². The zero-order chi connectivity index (χ0) is 13.8. The molecule has 1 heterocycles. The average Bonchev–Trinajstić information content (AvgIpc) is 2.47. The molecule has 0 bridgehead atoms. The summed E-state index contributed by atoms with van der Waals surface area (Å²) in [5.41, 5.74) is 0.264. The zero-order valence-corrected chi connectivity index (χ0v) is 13.3. The van der Waals surface area contributed by atoms with E-state index in [1.54, 1.807) is 0 Å². The Labute approximate surface area is 114 Å². The van der Waals surface area contributed by atoms with Crippen LogP contribution in [0.4, 0.5) is 0 Å². The highest BCUT2D eigenvalue weighted by Gasteiger charge is 2.25. The minimum absolute atomic E-state index is 0.264. The molecule has 0 aromatic rings. The zero-order valence-electron chi connectivity index (χ0n) is 13.3. The highest BCUT2D eigenvalue weighted by molar-refractivity contribution is 4.83. The fourth-order valence-electron chi connectivity index (χ4n) is 2.71. The molecule has 3 heteroatoms. The lowest BCUT2D eigenvalue weighted by Gasteiger charge is -2.36. The lowest BCUT2D eigenvalue weighted by Crippen LogP contribution is -2.51. The van der Waals surface area contributed by atoms with E-state index in [4.69, 9.17) is 0 Å². The van der Waals surface area contributed by atoms with Gasteiger partial charge in [0.1, 0.15) is 0 Å². The van der Waals surface area contributed by atoms with Crippen LogP contribution in [0, 0.1) is 0 Å². The van der Waals surface area contributed by atoms with Crippen LogP contribution < -0.4 is 5.32 Å². The molecule has 2 atom stereocenters. The van der Waals surface area contributed by atoms with Gasteiger partial charge in [-0.2, -0.15) is 0 Å². The van der Waals surface area contributed by atoms with Crippen LogP contribution in [0.3, 0.4) is 0 Å². The molecule has 0 amide bonds. The van der Waals surface area contributed by atoms with Crippen LogP contribution in [0.25, 0.3) is 0 Å². The first-order valence-corrected chi connectivity index (χ1v) is 7.55. The largest absolute Gasteiger partial charge is 0.310 e. The summed E-state index contributed by atoms with van der Waals surface area (Å²) in [6.45, 7) is 16.3. The maximum absolute atomic E-state index is 3.70. The van der Waals surface area contributed by atoms with Crippen LogP contribution in [0.15, 0.2) is 0 Å². The van der Waals surface area contributed by atoms with E-state index in [2.05, 4.69) is 56.8 Å². The minimum Gasteiger partial charge on any atom is -0.310 e. The van der Waals surface area contributed by atoms with Gasteiger partial charge in [-0.1, -0.05) is 6.92 Å². The predicted molar refractivity (Wildman–Crippen MR) is 80.1 cm³/mol. The van der Waals surface area contributed by atoms with E-state index in [1.165, 1.54) is 32.5 Å². The normalized spacial score (nSPS) is 26.0. The van der Waals surface area contributed by atoms with Crippen LogP contribution in [0.5, 0.6) is 0 Å². The summed E-state index contributed by atoms with van der Waals surface area (Å²) >= 11 is 0. The fraction of sp³-hybridized carbons (Fsp3) is 1.00. The van der Waals surface area contributed by atoms with Gasteiger partial charge in [0.05, 0.1) is 0 Å². The van der Waals surface area contributed by atoms with Gasteiger partial charge in [0.25, 0.3) is 0 Å². The Balaban J connectivity index is 2.47. The van der Waals surface area contributed by atoms with Crippen LogP contribution in [0.2, 0.25) is 0 Å². The summed E-state index contributed by atoms with van der Waals surface area (Å²) in [5, 5.41) is 3.70. The van der Waals surface area contributed by atoms with E-state index in [0.29, 0.717) is 12.1 Å². The SMILES string of the molecule is CCC(C)(C)NCC(C)N1CCCN(C)CC1C. The van der Waals surface area contributed by atoms with E-state index < -0.39 is 0 Å².